The number of nitrogens with zero attached hydrogens (tertiary/aromatic N) is 2. The highest BCUT2D eigenvalue weighted by atomic mass is 16.5. The molecular weight excluding hydrogens is 316 g/mol. The van der Waals surface area contributed by atoms with Gasteiger partial charge in [-0.25, -0.2) is 4.79 Å². The molecule has 5 nitrogen and oxygen atoms in total. The zero-order valence-electron chi connectivity index (χ0n) is 14.8. The first-order valence-electron chi connectivity index (χ1n) is 9.58. The van der Waals surface area contributed by atoms with Crippen LogP contribution in [0, 0.1) is 5.92 Å². The van der Waals surface area contributed by atoms with Crippen molar-refractivity contribution in [2.75, 3.05) is 32.8 Å². The molecule has 0 aromatic heterocycles. The third-order valence-electron chi connectivity index (χ3n) is 6.18. The Morgan fingerprint density at radius 3 is 2.64 bits per heavy atom. The normalized spacial score (nSPS) is 28.8. The Kier molecular flexibility index (Phi) is 5.06. The van der Waals surface area contributed by atoms with Gasteiger partial charge in [0.2, 0.25) is 0 Å². The van der Waals surface area contributed by atoms with Crippen molar-refractivity contribution in [3.63, 3.8) is 0 Å². The highest BCUT2D eigenvalue weighted by molar-refractivity contribution is 5.89. The molecule has 0 amide bonds. The molecule has 0 saturated carbocycles. The van der Waals surface area contributed by atoms with Gasteiger partial charge in [-0.15, -0.1) is 0 Å². The molecule has 0 radical (unpaired) electrons. The van der Waals surface area contributed by atoms with Gasteiger partial charge in [0.05, 0.1) is 5.56 Å². The molecule has 2 bridgehead atoms. The van der Waals surface area contributed by atoms with E-state index in [1.54, 1.807) is 6.07 Å². The number of piperidine rings is 1. The highest BCUT2D eigenvalue weighted by Gasteiger charge is 2.37. The molecule has 0 spiro atoms. The average Bonchev–Trinajstić information content (AvgIpc) is 2.95. The van der Waals surface area contributed by atoms with Crippen LogP contribution in [0.1, 0.15) is 41.6 Å². The summed E-state index contributed by atoms with van der Waals surface area (Å²) in [7, 11) is 0. The third kappa shape index (κ3) is 3.73. The first kappa shape index (κ1) is 17.0. The Labute approximate surface area is 149 Å². The smallest absolute Gasteiger partial charge is 0.336 e. The van der Waals surface area contributed by atoms with Gasteiger partial charge < -0.3 is 9.84 Å². The molecule has 4 aliphatic heterocycles. The summed E-state index contributed by atoms with van der Waals surface area (Å²) < 4.78 is 5.53. The van der Waals surface area contributed by atoms with E-state index in [-0.39, 0.29) is 0 Å². The molecule has 0 aliphatic carbocycles. The Hall–Kier alpha value is -1.43. The fourth-order valence-electron chi connectivity index (χ4n) is 4.84. The van der Waals surface area contributed by atoms with Gasteiger partial charge in [0, 0.05) is 51.5 Å². The molecule has 136 valence electrons. The highest BCUT2D eigenvalue weighted by Crippen LogP contribution is 2.32. The minimum atomic E-state index is -0.820. The van der Waals surface area contributed by atoms with Crippen molar-refractivity contribution in [1.29, 1.82) is 0 Å². The minimum Gasteiger partial charge on any atom is -0.478 e. The molecule has 5 heteroatoms. The number of ether oxygens (including phenoxy) is 1. The van der Waals surface area contributed by atoms with Crippen molar-refractivity contribution < 1.29 is 14.6 Å². The molecule has 1 aromatic carbocycles. The van der Waals surface area contributed by atoms with E-state index >= 15 is 0 Å². The second kappa shape index (κ2) is 7.44. The van der Waals surface area contributed by atoms with E-state index in [2.05, 4.69) is 9.80 Å². The van der Waals surface area contributed by atoms with E-state index < -0.39 is 5.97 Å². The number of hydrogen-bond donors (Lipinski definition) is 1. The van der Waals surface area contributed by atoms with Crippen LogP contribution in [0.5, 0.6) is 0 Å². The van der Waals surface area contributed by atoms with Gasteiger partial charge in [0.15, 0.2) is 0 Å². The lowest BCUT2D eigenvalue weighted by atomic mass is 9.94. The van der Waals surface area contributed by atoms with Crippen molar-refractivity contribution in [3.05, 3.63) is 35.4 Å². The zero-order chi connectivity index (χ0) is 17.2. The van der Waals surface area contributed by atoms with Gasteiger partial charge in [0.1, 0.15) is 0 Å². The summed E-state index contributed by atoms with van der Waals surface area (Å²) in [5, 5.41) is 9.46. The van der Waals surface area contributed by atoms with Crippen molar-refractivity contribution >= 4 is 5.97 Å². The fraction of sp³-hybridized carbons (Fsp3) is 0.650. The molecule has 4 fully saturated rings. The van der Waals surface area contributed by atoms with Crippen molar-refractivity contribution in [2.45, 2.75) is 44.3 Å². The van der Waals surface area contributed by atoms with Crippen LogP contribution >= 0.6 is 0 Å². The maximum atomic E-state index is 11.5. The number of aromatic carboxylic acids is 1. The van der Waals surface area contributed by atoms with Crippen molar-refractivity contribution in [1.82, 2.24) is 9.80 Å². The van der Waals surface area contributed by atoms with E-state index in [9.17, 15) is 9.90 Å². The van der Waals surface area contributed by atoms with Crippen molar-refractivity contribution in [3.8, 4) is 0 Å². The second-order valence-corrected chi connectivity index (χ2v) is 7.79. The van der Waals surface area contributed by atoms with E-state index in [1.807, 2.05) is 18.2 Å². The summed E-state index contributed by atoms with van der Waals surface area (Å²) in [4.78, 5) is 16.8. The van der Waals surface area contributed by atoms with Crippen LogP contribution in [0.25, 0.3) is 0 Å². The zero-order valence-corrected chi connectivity index (χ0v) is 14.8. The molecule has 4 heterocycles. The Balaban J connectivity index is 1.48. The van der Waals surface area contributed by atoms with Gasteiger partial charge in [-0.3, -0.25) is 9.80 Å². The summed E-state index contributed by atoms with van der Waals surface area (Å²) in [5.74, 6) is -0.113. The molecule has 4 aliphatic rings. The van der Waals surface area contributed by atoms with E-state index in [1.165, 1.54) is 19.4 Å². The predicted molar refractivity (Wildman–Crippen MR) is 95.7 cm³/mol. The maximum Gasteiger partial charge on any atom is 0.336 e. The average molecular weight is 344 g/mol. The molecule has 25 heavy (non-hydrogen) atoms. The van der Waals surface area contributed by atoms with E-state index in [0.717, 1.165) is 51.3 Å². The standard InChI is InChI=1S/C20H28N2O3/c23-20(24)19-4-2-1-3-16(19)13-21-11-15-5-6-18(21)14-22(12-15)17-7-9-25-10-8-17/h1-4,15,17-18H,5-14H2,(H,23,24)/t15-,18-/m1/s1. The molecule has 1 aromatic rings. The maximum absolute atomic E-state index is 11.5. The number of fused-ring (bicyclic) bond motifs is 4. The van der Waals surface area contributed by atoms with Gasteiger partial charge in [-0.1, -0.05) is 18.2 Å². The number of benzene rings is 1. The first-order chi connectivity index (χ1) is 12.2. The number of rotatable bonds is 4. The van der Waals surface area contributed by atoms with Gasteiger partial charge >= 0.3 is 5.97 Å². The molecular formula is C20H28N2O3. The number of carboxylic acids is 1. The van der Waals surface area contributed by atoms with E-state index in [4.69, 9.17) is 4.74 Å². The largest absolute Gasteiger partial charge is 0.478 e. The summed E-state index contributed by atoms with van der Waals surface area (Å²) in [6, 6.07) is 8.67. The van der Waals surface area contributed by atoms with Crippen LogP contribution in [0.2, 0.25) is 0 Å². The fourth-order valence-corrected chi connectivity index (χ4v) is 4.84. The van der Waals surface area contributed by atoms with Gasteiger partial charge in [0.25, 0.3) is 0 Å². The molecule has 2 atom stereocenters. The Morgan fingerprint density at radius 1 is 1.04 bits per heavy atom. The topological polar surface area (TPSA) is 53.0 Å². The van der Waals surface area contributed by atoms with Crippen LogP contribution in [0.4, 0.5) is 0 Å². The van der Waals surface area contributed by atoms with Crippen LogP contribution in [-0.4, -0.2) is 65.8 Å². The lowest BCUT2D eigenvalue weighted by Crippen LogP contribution is -2.45. The van der Waals surface area contributed by atoms with Crippen LogP contribution < -0.4 is 0 Å². The summed E-state index contributed by atoms with van der Waals surface area (Å²) >= 11 is 0. The second-order valence-electron chi connectivity index (χ2n) is 7.79. The van der Waals surface area contributed by atoms with Gasteiger partial charge in [-0.2, -0.15) is 0 Å². The monoisotopic (exact) mass is 344 g/mol. The number of hydrogen-bond acceptors (Lipinski definition) is 4. The van der Waals surface area contributed by atoms with Crippen molar-refractivity contribution in [2.24, 2.45) is 5.92 Å². The van der Waals surface area contributed by atoms with Crippen LogP contribution in [0.3, 0.4) is 0 Å². The Bertz CT molecular complexity index is 615. The Morgan fingerprint density at radius 2 is 1.84 bits per heavy atom. The predicted octanol–water partition coefficient (Wildman–Crippen LogP) is 2.46. The molecule has 1 N–H and O–H groups in total. The first-order valence-corrected chi connectivity index (χ1v) is 9.58. The molecule has 4 saturated heterocycles. The number of carboxylic acid groups (broad SMARTS) is 1. The molecule has 0 unspecified atom stereocenters. The van der Waals surface area contributed by atoms with Gasteiger partial charge in [-0.05, 0) is 43.2 Å². The minimum absolute atomic E-state index is 0.448. The lowest BCUT2D eigenvalue weighted by molar-refractivity contribution is 0.0307. The van der Waals surface area contributed by atoms with Crippen LogP contribution in [0.15, 0.2) is 24.3 Å². The van der Waals surface area contributed by atoms with Crippen LogP contribution in [-0.2, 0) is 11.3 Å². The molecule has 5 rings (SSSR count). The lowest BCUT2D eigenvalue weighted by Gasteiger charge is -2.37. The summed E-state index contributed by atoms with van der Waals surface area (Å²) in [5.41, 5.74) is 1.39. The SMILES string of the molecule is O=C(O)c1ccccc1CN1C[C@H]2CC[C@@H]1CN(C1CCOCC1)C2. The summed E-state index contributed by atoms with van der Waals surface area (Å²) in [6.07, 6.45) is 4.85. The quantitative estimate of drug-likeness (QED) is 0.909. The third-order valence-corrected chi connectivity index (χ3v) is 6.18. The number of carbonyl (C=O) groups is 1. The summed E-state index contributed by atoms with van der Waals surface area (Å²) in [6.45, 7) is 5.96. The van der Waals surface area contributed by atoms with E-state index in [0.29, 0.717) is 23.6 Å².